The van der Waals surface area contributed by atoms with Crippen LogP contribution in [-0.4, -0.2) is 23.1 Å². The minimum atomic E-state index is -1.01. The van der Waals surface area contributed by atoms with Gasteiger partial charge in [-0.25, -0.2) is 9.59 Å². The van der Waals surface area contributed by atoms with Crippen LogP contribution in [0.5, 0.6) is 0 Å². The van der Waals surface area contributed by atoms with Gasteiger partial charge in [0.15, 0.2) is 0 Å². The molecular formula is C15H22N2O3. The smallest absolute Gasteiger partial charge is 0.326 e. The van der Waals surface area contributed by atoms with E-state index in [9.17, 15) is 9.59 Å². The second kappa shape index (κ2) is 7.53. The summed E-state index contributed by atoms with van der Waals surface area (Å²) in [5, 5.41) is 14.4. The number of rotatable bonds is 6. The zero-order valence-corrected chi connectivity index (χ0v) is 12.1. The van der Waals surface area contributed by atoms with Crippen LogP contribution in [0.15, 0.2) is 30.3 Å². The van der Waals surface area contributed by atoms with E-state index >= 15 is 0 Å². The van der Waals surface area contributed by atoms with Gasteiger partial charge in [-0.15, -0.1) is 0 Å². The zero-order valence-electron chi connectivity index (χ0n) is 12.1. The van der Waals surface area contributed by atoms with Gasteiger partial charge in [0.25, 0.3) is 0 Å². The maximum absolute atomic E-state index is 11.9. The number of carbonyl (C=O) groups excluding carboxylic acids is 1. The molecule has 0 saturated heterocycles. The molecule has 2 amide bonds. The lowest BCUT2D eigenvalue weighted by Gasteiger charge is -2.22. The third-order valence-corrected chi connectivity index (χ3v) is 3.41. The first-order chi connectivity index (χ1) is 9.45. The number of amides is 2. The Morgan fingerprint density at radius 3 is 2.25 bits per heavy atom. The van der Waals surface area contributed by atoms with E-state index in [0.717, 1.165) is 5.56 Å². The van der Waals surface area contributed by atoms with Crippen molar-refractivity contribution in [1.29, 1.82) is 0 Å². The summed E-state index contributed by atoms with van der Waals surface area (Å²) in [6.07, 6.45) is 0.686. The number of urea groups is 1. The zero-order chi connectivity index (χ0) is 15.1. The lowest BCUT2D eigenvalue weighted by atomic mass is 9.99. The summed E-state index contributed by atoms with van der Waals surface area (Å²) in [6.45, 7) is 5.56. The van der Waals surface area contributed by atoms with Crippen molar-refractivity contribution >= 4 is 12.0 Å². The molecule has 1 aromatic carbocycles. The highest BCUT2D eigenvalue weighted by Crippen LogP contribution is 2.12. The Morgan fingerprint density at radius 2 is 1.75 bits per heavy atom. The lowest BCUT2D eigenvalue weighted by Crippen LogP contribution is -2.49. The summed E-state index contributed by atoms with van der Waals surface area (Å²) in [4.78, 5) is 23.0. The quantitative estimate of drug-likeness (QED) is 0.748. The number of aliphatic carboxylic acids is 1. The predicted octanol–water partition coefficient (Wildman–Crippen LogP) is 2.55. The van der Waals surface area contributed by atoms with Crippen LogP contribution in [0, 0.1) is 5.92 Å². The normalized spacial score (nSPS) is 14.9. The van der Waals surface area contributed by atoms with Crippen molar-refractivity contribution in [3.05, 3.63) is 35.9 Å². The van der Waals surface area contributed by atoms with E-state index in [4.69, 9.17) is 5.11 Å². The molecule has 0 aliphatic heterocycles. The number of nitrogens with one attached hydrogen (secondary N) is 2. The summed E-state index contributed by atoms with van der Waals surface area (Å²) >= 11 is 0. The topological polar surface area (TPSA) is 78.4 Å². The molecule has 110 valence electrons. The number of benzene rings is 1. The Hall–Kier alpha value is -2.04. The Morgan fingerprint density at radius 1 is 1.15 bits per heavy atom. The number of carboxylic acid groups (broad SMARTS) is 1. The Balaban J connectivity index is 2.60. The second-order valence-corrected chi connectivity index (χ2v) is 4.95. The maximum Gasteiger partial charge on any atom is 0.326 e. The number of carboxylic acids is 1. The molecule has 20 heavy (non-hydrogen) atoms. The molecule has 1 rings (SSSR count). The molecule has 0 heterocycles. The largest absolute Gasteiger partial charge is 0.480 e. The van der Waals surface area contributed by atoms with Crippen LogP contribution < -0.4 is 10.6 Å². The molecule has 3 atom stereocenters. The van der Waals surface area contributed by atoms with Crippen LogP contribution in [0.1, 0.15) is 38.8 Å². The predicted molar refractivity (Wildman–Crippen MR) is 77.4 cm³/mol. The van der Waals surface area contributed by atoms with E-state index in [-0.39, 0.29) is 12.0 Å². The number of hydrogen-bond donors (Lipinski definition) is 3. The van der Waals surface area contributed by atoms with Crippen LogP contribution in [0.2, 0.25) is 0 Å². The summed E-state index contributed by atoms with van der Waals surface area (Å²) in [6, 6.07) is 8.00. The molecule has 0 bridgehead atoms. The third-order valence-electron chi connectivity index (χ3n) is 3.41. The molecule has 1 aromatic rings. The molecular weight excluding hydrogens is 256 g/mol. The van der Waals surface area contributed by atoms with E-state index in [1.54, 1.807) is 6.92 Å². The molecule has 0 unspecified atom stereocenters. The number of hydrogen-bond acceptors (Lipinski definition) is 2. The molecule has 0 aromatic heterocycles. The summed E-state index contributed by atoms with van der Waals surface area (Å²) < 4.78 is 0. The van der Waals surface area contributed by atoms with Crippen LogP contribution in [0.25, 0.3) is 0 Å². The molecule has 3 N–H and O–H groups in total. The fourth-order valence-corrected chi connectivity index (χ4v) is 1.89. The van der Waals surface area contributed by atoms with Crippen molar-refractivity contribution in [2.45, 2.75) is 39.3 Å². The first-order valence-corrected chi connectivity index (χ1v) is 6.80. The van der Waals surface area contributed by atoms with E-state index in [1.807, 2.05) is 44.2 Å². The van der Waals surface area contributed by atoms with Gasteiger partial charge in [-0.05, 0) is 18.4 Å². The van der Waals surface area contributed by atoms with Gasteiger partial charge in [-0.1, -0.05) is 50.6 Å². The SMILES string of the molecule is CC[C@H](C)[C@H](NC(=O)N[C@H](C)c1ccccc1)C(=O)O. The first kappa shape index (κ1) is 16.0. The highest BCUT2D eigenvalue weighted by atomic mass is 16.4. The number of carbonyl (C=O) groups is 2. The molecule has 5 nitrogen and oxygen atoms in total. The van der Waals surface area contributed by atoms with Gasteiger partial charge in [0.05, 0.1) is 6.04 Å². The Kier molecular flexibility index (Phi) is 6.03. The van der Waals surface area contributed by atoms with Crippen molar-refractivity contribution in [1.82, 2.24) is 10.6 Å². The highest BCUT2D eigenvalue weighted by Gasteiger charge is 2.25. The minimum absolute atomic E-state index is 0.120. The van der Waals surface area contributed by atoms with Gasteiger partial charge < -0.3 is 15.7 Å². The van der Waals surface area contributed by atoms with Crippen molar-refractivity contribution in [3.8, 4) is 0 Å². The van der Waals surface area contributed by atoms with Crippen molar-refractivity contribution in [3.63, 3.8) is 0 Å². The van der Waals surface area contributed by atoms with Crippen LogP contribution >= 0.6 is 0 Å². The molecule has 0 saturated carbocycles. The second-order valence-electron chi connectivity index (χ2n) is 4.95. The van der Waals surface area contributed by atoms with Crippen LogP contribution in [-0.2, 0) is 4.79 Å². The van der Waals surface area contributed by atoms with Crippen molar-refractivity contribution in [2.75, 3.05) is 0 Å². The molecule has 0 spiro atoms. The van der Waals surface area contributed by atoms with E-state index in [0.29, 0.717) is 6.42 Å². The lowest BCUT2D eigenvalue weighted by molar-refractivity contribution is -0.140. The van der Waals surface area contributed by atoms with E-state index in [2.05, 4.69) is 10.6 Å². The monoisotopic (exact) mass is 278 g/mol. The fourth-order valence-electron chi connectivity index (χ4n) is 1.89. The standard InChI is InChI=1S/C15H22N2O3/c1-4-10(2)13(14(18)19)17-15(20)16-11(3)12-8-6-5-7-9-12/h5-11,13H,4H2,1-3H3,(H,18,19)(H2,16,17,20)/t10-,11+,13-/m0/s1. The van der Waals surface area contributed by atoms with Crippen LogP contribution in [0.3, 0.4) is 0 Å². The molecule has 0 aliphatic carbocycles. The average molecular weight is 278 g/mol. The van der Waals surface area contributed by atoms with Crippen molar-refractivity contribution in [2.24, 2.45) is 5.92 Å². The molecule has 0 aliphatic rings. The summed E-state index contributed by atoms with van der Waals surface area (Å²) in [7, 11) is 0. The average Bonchev–Trinajstić information content (AvgIpc) is 2.44. The Bertz CT molecular complexity index is 448. The van der Waals surface area contributed by atoms with Gasteiger partial charge >= 0.3 is 12.0 Å². The Labute approximate surface area is 119 Å². The van der Waals surface area contributed by atoms with Gasteiger partial charge in [0, 0.05) is 0 Å². The molecule has 5 heteroatoms. The van der Waals surface area contributed by atoms with Gasteiger partial charge in [-0.3, -0.25) is 0 Å². The highest BCUT2D eigenvalue weighted by molar-refractivity contribution is 5.82. The summed E-state index contributed by atoms with van der Waals surface area (Å²) in [5.41, 5.74) is 0.970. The van der Waals surface area contributed by atoms with Crippen molar-refractivity contribution < 1.29 is 14.7 Å². The van der Waals surface area contributed by atoms with Crippen LogP contribution in [0.4, 0.5) is 4.79 Å². The molecule has 0 fully saturated rings. The van der Waals surface area contributed by atoms with Gasteiger partial charge in [0.1, 0.15) is 6.04 Å². The van der Waals surface area contributed by atoms with E-state index in [1.165, 1.54) is 0 Å². The van der Waals surface area contributed by atoms with E-state index < -0.39 is 18.0 Å². The van der Waals surface area contributed by atoms with Gasteiger partial charge in [-0.2, -0.15) is 0 Å². The maximum atomic E-state index is 11.9. The first-order valence-electron chi connectivity index (χ1n) is 6.80. The molecule has 0 radical (unpaired) electrons. The third kappa shape index (κ3) is 4.57. The summed E-state index contributed by atoms with van der Waals surface area (Å²) in [5.74, 6) is -1.13. The minimum Gasteiger partial charge on any atom is -0.480 e. The van der Waals surface area contributed by atoms with Gasteiger partial charge in [0.2, 0.25) is 0 Å². The fraction of sp³-hybridized carbons (Fsp3) is 0.467.